The van der Waals surface area contributed by atoms with Gasteiger partial charge in [0.15, 0.2) is 0 Å². The number of carbonyl (C=O) groups is 1. The number of aromatic amines is 1. The normalized spacial score (nSPS) is 20.0. The molecule has 1 amide bonds. The SMILES string of the molecule is Cc1cc(C(=O)NC2CCN(CC3(c4ccc(Cl)cc4)CCC3)CC2)c(C)[nH]1. The Labute approximate surface area is 172 Å². The molecular weight excluding hydrogens is 370 g/mol. The molecule has 150 valence electrons. The minimum Gasteiger partial charge on any atom is -0.362 e. The number of benzene rings is 1. The topological polar surface area (TPSA) is 48.1 Å². The molecule has 4 rings (SSSR count). The van der Waals surface area contributed by atoms with Crippen LogP contribution in [0.1, 0.15) is 59.4 Å². The van der Waals surface area contributed by atoms with Crippen LogP contribution in [0.15, 0.2) is 30.3 Å². The van der Waals surface area contributed by atoms with Crippen molar-refractivity contribution in [3.63, 3.8) is 0 Å². The molecule has 5 heteroatoms. The first-order chi connectivity index (χ1) is 13.4. The maximum atomic E-state index is 12.6. The van der Waals surface area contributed by atoms with E-state index in [4.69, 9.17) is 11.6 Å². The molecule has 0 radical (unpaired) electrons. The van der Waals surface area contributed by atoms with E-state index in [1.807, 2.05) is 32.0 Å². The van der Waals surface area contributed by atoms with Gasteiger partial charge in [-0.25, -0.2) is 0 Å². The molecule has 1 aliphatic heterocycles. The van der Waals surface area contributed by atoms with Gasteiger partial charge in [-0.05, 0) is 63.3 Å². The highest BCUT2D eigenvalue weighted by Crippen LogP contribution is 2.44. The van der Waals surface area contributed by atoms with Crippen LogP contribution >= 0.6 is 11.6 Å². The molecule has 2 N–H and O–H groups in total. The minimum atomic E-state index is 0.0527. The van der Waals surface area contributed by atoms with E-state index in [9.17, 15) is 4.79 Å². The van der Waals surface area contributed by atoms with Crippen LogP contribution in [0.2, 0.25) is 5.02 Å². The van der Waals surface area contributed by atoms with E-state index < -0.39 is 0 Å². The number of rotatable bonds is 5. The number of hydrogen-bond donors (Lipinski definition) is 2. The molecule has 1 aliphatic carbocycles. The Bertz CT molecular complexity index is 830. The van der Waals surface area contributed by atoms with Crippen molar-refractivity contribution >= 4 is 17.5 Å². The number of hydrogen-bond acceptors (Lipinski definition) is 2. The lowest BCUT2D eigenvalue weighted by molar-refractivity contribution is 0.0869. The first-order valence-corrected chi connectivity index (χ1v) is 10.8. The molecule has 2 fully saturated rings. The number of nitrogens with one attached hydrogen (secondary N) is 2. The van der Waals surface area contributed by atoms with Gasteiger partial charge >= 0.3 is 0 Å². The van der Waals surface area contributed by atoms with E-state index in [1.54, 1.807) is 0 Å². The summed E-state index contributed by atoms with van der Waals surface area (Å²) in [7, 11) is 0. The van der Waals surface area contributed by atoms with Crippen molar-refractivity contribution in [2.75, 3.05) is 19.6 Å². The number of aromatic nitrogens is 1. The second-order valence-corrected chi connectivity index (χ2v) is 9.09. The van der Waals surface area contributed by atoms with Crippen LogP contribution < -0.4 is 5.32 Å². The van der Waals surface area contributed by atoms with E-state index in [2.05, 4.69) is 27.3 Å². The minimum absolute atomic E-state index is 0.0527. The average Bonchev–Trinajstić information content (AvgIpc) is 2.99. The highest BCUT2D eigenvalue weighted by molar-refractivity contribution is 6.30. The highest BCUT2D eigenvalue weighted by Gasteiger charge is 2.40. The fraction of sp³-hybridized carbons (Fsp3) is 0.522. The third-order valence-electron chi connectivity index (χ3n) is 6.61. The van der Waals surface area contributed by atoms with Crippen molar-refractivity contribution in [3.8, 4) is 0 Å². The summed E-state index contributed by atoms with van der Waals surface area (Å²) in [5.74, 6) is 0.0527. The molecule has 2 aliphatic rings. The molecule has 1 saturated heterocycles. The number of likely N-dealkylation sites (tertiary alicyclic amines) is 1. The van der Waals surface area contributed by atoms with Crippen LogP contribution in [-0.4, -0.2) is 41.5 Å². The van der Waals surface area contributed by atoms with E-state index in [1.165, 1.54) is 24.8 Å². The third kappa shape index (κ3) is 3.99. The summed E-state index contributed by atoms with van der Waals surface area (Å²) in [6.07, 6.45) is 5.87. The number of carbonyl (C=O) groups excluding carboxylic acids is 1. The molecule has 0 bridgehead atoms. The summed E-state index contributed by atoms with van der Waals surface area (Å²) in [4.78, 5) is 18.4. The predicted molar refractivity (Wildman–Crippen MR) is 114 cm³/mol. The highest BCUT2D eigenvalue weighted by atomic mass is 35.5. The van der Waals surface area contributed by atoms with Crippen LogP contribution in [-0.2, 0) is 5.41 Å². The average molecular weight is 400 g/mol. The number of nitrogens with zero attached hydrogens (tertiary/aromatic N) is 1. The molecule has 1 aromatic heterocycles. The van der Waals surface area contributed by atoms with Gasteiger partial charge in [-0.3, -0.25) is 4.79 Å². The maximum absolute atomic E-state index is 12.6. The predicted octanol–water partition coefficient (Wildman–Crippen LogP) is 4.60. The molecule has 0 unspecified atom stereocenters. The van der Waals surface area contributed by atoms with E-state index in [0.29, 0.717) is 5.41 Å². The second-order valence-electron chi connectivity index (χ2n) is 8.66. The largest absolute Gasteiger partial charge is 0.362 e. The second kappa shape index (κ2) is 7.92. The standard InChI is InChI=1S/C23H30ClN3O/c1-16-14-21(17(2)25-16)22(28)26-20-8-12-27(13-9-20)15-23(10-3-11-23)18-4-6-19(24)7-5-18/h4-7,14,20,25H,3,8-13,15H2,1-2H3,(H,26,28). The molecule has 1 aromatic carbocycles. The third-order valence-corrected chi connectivity index (χ3v) is 6.86. The smallest absolute Gasteiger partial charge is 0.253 e. The monoisotopic (exact) mass is 399 g/mol. The Morgan fingerprint density at radius 1 is 1.21 bits per heavy atom. The Balaban J connectivity index is 1.32. The van der Waals surface area contributed by atoms with Gasteiger partial charge in [-0.15, -0.1) is 0 Å². The summed E-state index contributed by atoms with van der Waals surface area (Å²) >= 11 is 6.08. The van der Waals surface area contributed by atoms with Gasteiger partial charge in [0.25, 0.3) is 5.91 Å². The van der Waals surface area contributed by atoms with Crippen LogP contribution in [0, 0.1) is 13.8 Å². The van der Waals surface area contributed by atoms with Gasteiger partial charge in [0.2, 0.25) is 0 Å². The zero-order valence-electron chi connectivity index (χ0n) is 16.9. The number of amides is 1. The van der Waals surface area contributed by atoms with Crippen molar-refractivity contribution in [3.05, 3.63) is 57.9 Å². The first-order valence-electron chi connectivity index (χ1n) is 10.4. The van der Waals surface area contributed by atoms with Crippen LogP contribution in [0.4, 0.5) is 0 Å². The van der Waals surface area contributed by atoms with Gasteiger partial charge in [0, 0.05) is 47.5 Å². The first kappa shape index (κ1) is 19.5. The maximum Gasteiger partial charge on any atom is 0.253 e. The Kier molecular flexibility index (Phi) is 5.52. The molecular formula is C23H30ClN3O. The molecule has 1 saturated carbocycles. The zero-order valence-corrected chi connectivity index (χ0v) is 17.6. The van der Waals surface area contributed by atoms with Crippen molar-refractivity contribution in [2.24, 2.45) is 0 Å². The van der Waals surface area contributed by atoms with Crippen molar-refractivity contribution < 1.29 is 4.79 Å². The summed E-state index contributed by atoms with van der Waals surface area (Å²) in [6.45, 7) is 7.15. The summed E-state index contributed by atoms with van der Waals surface area (Å²) in [5, 5.41) is 4.05. The molecule has 0 atom stereocenters. The van der Waals surface area contributed by atoms with Crippen molar-refractivity contribution in [1.29, 1.82) is 0 Å². The van der Waals surface area contributed by atoms with E-state index >= 15 is 0 Å². The molecule has 2 heterocycles. The quantitative estimate of drug-likeness (QED) is 0.771. The Morgan fingerprint density at radius 2 is 1.89 bits per heavy atom. The van der Waals surface area contributed by atoms with Gasteiger partial charge in [-0.1, -0.05) is 30.2 Å². The fourth-order valence-electron chi connectivity index (χ4n) is 4.83. The molecule has 0 spiro atoms. The van der Waals surface area contributed by atoms with Crippen LogP contribution in [0.5, 0.6) is 0 Å². The lowest BCUT2D eigenvalue weighted by atomic mass is 9.64. The van der Waals surface area contributed by atoms with Crippen LogP contribution in [0.3, 0.4) is 0 Å². The lowest BCUT2D eigenvalue weighted by Gasteiger charge is -2.47. The molecule has 4 nitrogen and oxygen atoms in total. The van der Waals surface area contributed by atoms with Gasteiger partial charge in [0.05, 0.1) is 5.56 Å². The van der Waals surface area contributed by atoms with Crippen LogP contribution in [0.25, 0.3) is 0 Å². The number of piperidine rings is 1. The summed E-state index contributed by atoms with van der Waals surface area (Å²) < 4.78 is 0. The lowest BCUT2D eigenvalue weighted by Crippen LogP contribution is -2.51. The van der Waals surface area contributed by atoms with E-state index in [-0.39, 0.29) is 11.9 Å². The Morgan fingerprint density at radius 3 is 2.43 bits per heavy atom. The summed E-state index contributed by atoms with van der Waals surface area (Å²) in [5.41, 5.74) is 4.47. The Hall–Kier alpha value is -1.78. The van der Waals surface area contributed by atoms with Gasteiger partial charge in [0.1, 0.15) is 0 Å². The fourth-order valence-corrected chi connectivity index (χ4v) is 4.96. The van der Waals surface area contributed by atoms with Crippen molar-refractivity contribution in [1.82, 2.24) is 15.2 Å². The van der Waals surface area contributed by atoms with E-state index in [0.717, 1.165) is 54.4 Å². The molecule has 28 heavy (non-hydrogen) atoms. The van der Waals surface area contributed by atoms with Gasteiger partial charge in [-0.2, -0.15) is 0 Å². The number of aryl methyl sites for hydroxylation is 2. The zero-order chi connectivity index (χ0) is 19.7. The number of H-pyrrole nitrogens is 1. The summed E-state index contributed by atoms with van der Waals surface area (Å²) in [6, 6.07) is 10.6. The van der Waals surface area contributed by atoms with Crippen molar-refractivity contribution in [2.45, 2.75) is 57.4 Å². The van der Waals surface area contributed by atoms with Gasteiger partial charge < -0.3 is 15.2 Å². The number of halogens is 1. The molecule has 2 aromatic rings.